The Balaban J connectivity index is 1.59. The van der Waals surface area contributed by atoms with Crippen LogP contribution in [0.2, 0.25) is 0 Å². The molecule has 1 aliphatic rings. The number of rotatable bonds is 5. The number of hydrogen-bond acceptors (Lipinski definition) is 3. The first-order valence-corrected chi connectivity index (χ1v) is 7.97. The fourth-order valence-corrected chi connectivity index (χ4v) is 3.25. The van der Waals surface area contributed by atoms with E-state index in [1.54, 1.807) is 0 Å². The Morgan fingerprint density at radius 2 is 2.10 bits per heavy atom. The van der Waals surface area contributed by atoms with E-state index in [0.717, 1.165) is 18.9 Å². The van der Waals surface area contributed by atoms with Crippen molar-refractivity contribution < 1.29 is 0 Å². The van der Waals surface area contributed by atoms with E-state index in [9.17, 15) is 0 Å². The molecule has 3 rings (SSSR count). The lowest BCUT2D eigenvalue weighted by atomic mass is 9.98. The minimum Gasteiger partial charge on any atom is -0.335 e. The second kappa shape index (κ2) is 6.85. The van der Waals surface area contributed by atoms with Gasteiger partial charge in [0.25, 0.3) is 0 Å². The van der Waals surface area contributed by atoms with Crippen LogP contribution in [-0.4, -0.2) is 32.5 Å². The first kappa shape index (κ1) is 14.3. The summed E-state index contributed by atoms with van der Waals surface area (Å²) >= 11 is 0. The van der Waals surface area contributed by atoms with Crippen molar-refractivity contribution in [2.75, 3.05) is 13.1 Å². The summed E-state index contributed by atoms with van der Waals surface area (Å²) in [5.41, 5.74) is 1.23. The van der Waals surface area contributed by atoms with E-state index in [4.69, 9.17) is 0 Å². The van der Waals surface area contributed by atoms with Crippen LogP contribution in [0, 0.1) is 6.92 Å². The van der Waals surface area contributed by atoms with Gasteiger partial charge in [-0.15, -0.1) is 0 Å². The summed E-state index contributed by atoms with van der Waals surface area (Å²) < 4.78 is 2.24. The summed E-state index contributed by atoms with van der Waals surface area (Å²) in [6.07, 6.45) is 10.9. The van der Waals surface area contributed by atoms with Crippen molar-refractivity contribution in [1.29, 1.82) is 0 Å². The highest BCUT2D eigenvalue weighted by Gasteiger charge is 2.24. The lowest BCUT2D eigenvalue weighted by Gasteiger charge is -2.35. The van der Waals surface area contributed by atoms with Gasteiger partial charge in [-0.3, -0.25) is 9.88 Å². The molecule has 0 aliphatic carbocycles. The maximum Gasteiger partial charge on any atom is 0.105 e. The van der Waals surface area contributed by atoms with Crippen LogP contribution < -0.4 is 0 Å². The van der Waals surface area contributed by atoms with Gasteiger partial charge in [0.15, 0.2) is 0 Å². The Morgan fingerprint density at radius 1 is 1.14 bits per heavy atom. The lowest BCUT2D eigenvalue weighted by molar-refractivity contribution is 0.141. The average Bonchev–Trinajstić information content (AvgIpc) is 2.94. The van der Waals surface area contributed by atoms with Crippen LogP contribution in [0.15, 0.2) is 36.8 Å². The van der Waals surface area contributed by atoms with E-state index in [0.29, 0.717) is 6.04 Å². The van der Waals surface area contributed by atoms with Crippen LogP contribution in [0.25, 0.3) is 0 Å². The number of hydrogen-bond donors (Lipinski definition) is 0. The normalized spacial score (nSPS) is 19.8. The van der Waals surface area contributed by atoms with E-state index >= 15 is 0 Å². The molecule has 1 aliphatic heterocycles. The fraction of sp³-hybridized carbons (Fsp3) is 0.529. The quantitative estimate of drug-likeness (QED) is 0.845. The molecule has 0 bridgehead atoms. The molecule has 2 aromatic heterocycles. The van der Waals surface area contributed by atoms with Gasteiger partial charge in [0, 0.05) is 31.7 Å². The number of aromatic nitrogens is 3. The third-order valence-corrected chi connectivity index (χ3v) is 4.41. The van der Waals surface area contributed by atoms with Crippen molar-refractivity contribution in [3.8, 4) is 0 Å². The summed E-state index contributed by atoms with van der Waals surface area (Å²) in [7, 11) is 0. The summed E-state index contributed by atoms with van der Waals surface area (Å²) in [5.74, 6) is 1.11. The first-order chi connectivity index (χ1) is 10.3. The molecule has 21 heavy (non-hydrogen) atoms. The number of pyridine rings is 1. The zero-order chi connectivity index (χ0) is 14.5. The third-order valence-electron chi connectivity index (χ3n) is 4.41. The highest BCUT2D eigenvalue weighted by Crippen LogP contribution is 2.29. The van der Waals surface area contributed by atoms with Crippen molar-refractivity contribution >= 4 is 0 Å². The summed E-state index contributed by atoms with van der Waals surface area (Å²) in [6.45, 7) is 5.46. The minimum atomic E-state index is 0.504. The predicted molar refractivity (Wildman–Crippen MR) is 84.0 cm³/mol. The maximum absolute atomic E-state index is 4.57. The van der Waals surface area contributed by atoms with Crippen LogP contribution in [0.4, 0.5) is 0 Å². The zero-order valence-corrected chi connectivity index (χ0v) is 12.8. The van der Waals surface area contributed by atoms with E-state index in [1.807, 2.05) is 18.5 Å². The van der Waals surface area contributed by atoms with Gasteiger partial charge < -0.3 is 4.57 Å². The van der Waals surface area contributed by atoms with Gasteiger partial charge in [-0.2, -0.15) is 0 Å². The van der Waals surface area contributed by atoms with Gasteiger partial charge in [-0.1, -0.05) is 12.5 Å². The largest absolute Gasteiger partial charge is 0.335 e. The van der Waals surface area contributed by atoms with Gasteiger partial charge in [-0.05, 0) is 44.9 Å². The number of aryl methyl sites for hydroxylation is 2. The van der Waals surface area contributed by atoms with Crippen molar-refractivity contribution in [3.63, 3.8) is 0 Å². The van der Waals surface area contributed by atoms with E-state index in [-0.39, 0.29) is 0 Å². The third kappa shape index (κ3) is 3.50. The second-order valence-electron chi connectivity index (χ2n) is 5.82. The number of imidazole rings is 1. The Hall–Kier alpha value is -1.68. The zero-order valence-electron chi connectivity index (χ0n) is 12.8. The molecule has 0 saturated carbocycles. The molecule has 1 saturated heterocycles. The molecule has 3 heterocycles. The van der Waals surface area contributed by atoms with Crippen LogP contribution in [-0.2, 0) is 6.54 Å². The molecule has 0 aromatic carbocycles. The fourth-order valence-electron chi connectivity index (χ4n) is 3.25. The average molecular weight is 284 g/mol. The lowest BCUT2D eigenvalue weighted by Crippen LogP contribution is -2.35. The van der Waals surface area contributed by atoms with Crippen LogP contribution in [0.1, 0.15) is 43.2 Å². The maximum atomic E-state index is 4.57. The molecule has 1 fully saturated rings. The highest BCUT2D eigenvalue weighted by molar-refractivity contribution is 5.09. The molecule has 4 heteroatoms. The van der Waals surface area contributed by atoms with Gasteiger partial charge in [0.2, 0.25) is 0 Å². The Labute approximate surface area is 126 Å². The molecule has 0 spiro atoms. The van der Waals surface area contributed by atoms with Gasteiger partial charge in [0.05, 0.1) is 11.7 Å². The smallest absolute Gasteiger partial charge is 0.105 e. The Morgan fingerprint density at radius 3 is 2.86 bits per heavy atom. The number of likely N-dealkylation sites (tertiary alicyclic amines) is 1. The summed E-state index contributed by atoms with van der Waals surface area (Å²) in [4.78, 5) is 11.5. The molecule has 2 aromatic rings. The number of piperidine rings is 1. The highest BCUT2D eigenvalue weighted by atomic mass is 15.2. The molecular formula is C17H24N4. The molecule has 1 atom stereocenters. The van der Waals surface area contributed by atoms with E-state index in [2.05, 4.69) is 44.7 Å². The molecule has 0 N–H and O–H groups in total. The van der Waals surface area contributed by atoms with Crippen LogP contribution in [0.3, 0.4) is 0 Å². The van der Waals surface area contributed by atoms with Crippen LogP contribution in [0.5, 0.6) is 0 Å². The van der Waals surface area contributed by atoms with Crippen LogP contribution >= 0.6 is 0 Å². The number of nitrogens with zero attached hydrogens (tertiary/aromatic N) is 4. The molecule has 4 nitrogen and oxygen atoms in total. The monoisotopic (exact) mass is 284 g/mol. The predicted octanol–water partition coefficient (Wildman–Crippen LogP) is 3.20. The van der Waals surface area contributed by atoms with E-state index in [1.165, 1.54) is 37.9 Å². The second-order valence-corrected chi connectivity index (χ2v) is 5.82. The Bertz CT molecular complexity index is 549. The van der Waals surface area contributed by atoms with Gasteiger partial charge in [-0.25, -0.2) is 4.98 Å². The molecule has 112 valence electrons. The summed E-state index contributed by atoms with van der Waals surface area (Å²) in [5, 5.41) is 0. The topological polar surface area (TPSA) is 34.0 Å². The van der Waals surface area contributed by atoms with Crippen molar-refractivity contribution in [2.24, 2.45) is 0 Å². The van der Waals surface area contributed by atoms with Crippen molar-refractivity contribution in [2.45, 2.75) is 45.2 Å². The molecule has 0 radical (unpaired) electrons. The standard InChI is InChI=1S/C17H24N4/c1-15-18-10-14-20(15)12-6-13-21-11-5-3-8-17(21)16-7-2-4-9-19-16/h2,4,7,9-10,14,17H,3,5-6,8,11-13H2,1H3. The SMILES string of the molecule is Cc1nccn1CCCN1CCCCC1c1ccccn1. The molecule has 0 amide bonds. The molecular weight excluding hydrogens is 260 g/mol. The first-order valence-electron chi connectivity index (χ1n) is 7.97. The van der Waals surface area contributed by atoms with Crippen molar-refractivity contribution in [1.82, 2.24) is 19.4 Å². The van der Waals surface area contributed by atoms with E-state index < -0.39 is 0 Å². The van der Waals surface area contributed by atoms with Gasteiger partial charge >= 0.3 is 0 Å². The minimum absolute atomic E-state index is 0.504. The Kier molecular flexibility index (Phi) is 4.65. The molecule has 1 unspecified atom stereocenters. The van der Waals surface area contributed by atoms with Gasteiger partial charge in [0.1, 0.15) is 5.82 Å². The van der Waals surface area contributed by atoms with Crippen molar-refractivity contribution in [3.05, 3.63) is 48.3 Å². The summed E-state index contributed by atoms with van der Waals surface area (Å²) in [6, 6.07) is 6.77.